The maximum atomic E-state index is 6.57. The van der Waals surface area contributed by atoms with Gasteiger partial charge in [0, 0.05) is 57.7 Å². The highest BCUT2D eigenvalue weighted by Gasteiger charge is 2.24. The number of nitrogens with zero attached hydrogens (tertiary/aromatic N) is 7. The van der Waals surface area contributed by atoms with Crippen molar-refractivity contribution in [2.75, 3.05) is 4.90 Å². The highest BCUT2D eigenvalue weighted by molar-refractivity contribution is 6.13. The van der Waals surface area contributed by atoms with Crippen LogP contribution in [0.15, 0.2) is 169 Å². The average Bonchev–Trinajstić information content (AvgIpc) is 3.86. The van der Waals surface area contributed by atoms with Crippen molar-refractivity contribution >= 4 is 82.9 Å². The van der Waals surface area contributed by atoms with Crippen LogP contribution in [0.2, 0.25) is 0 Å². The molecule has 0 unspecified atom stereocenters. The Morgan fingerprint density at radius 3 is 1.56 bits per heavy atom. The van der Waals surface area contributed by atoms with E-state index in [-0.39, 0.29) is 0 Å². The van der Waals surface area contributed by atoms with E-state index in [9.17, 15) is 0 Å². The molecule has 0 fully saturated rings. The topological polar surface area (TPSA) is 77.8 Å². The minimum atomic E-state index is 0.659. The number of para-hydroxylation sites is 2. The van der Waals surface area contributed by atoms with Gasteiger partial charge in [0.15, 0.2) is 11.2 Å². The number of hydrogen-bond acceptors (Lipinski definition) is 6. The first-order chi connectivity index (χ1) is 25.8. The molecule has 7 heterocycles. The van der Waals surface area contributed by atoms with Crippen LogP contribution in [0.4, 0.5) is 17.1 Å². The summed E-state index contributed by atoms with van der Waals surface area (Å²) in [5.74, 6) is 1.71. The van der Waals surface area contributed by atoms with Gasteiger partial charge < -0.3 is 9.32 Å². The summed E-state index contributed by atoms with van der Waals surface area (Å²) < 4.78 is 11.0. The molecule has 0 aliphatic rings. The summed E-state index contributed by atoms with van der Waals surface area (Å²) in [7, 11) is 0. The predicted octanol–water partition coefficient (Wildman–Crippen LogP) is 10.8. The van der Waals surface area contributed by atoms with E-state index in [0.29, 0.717) is 16.7 Å². The molecule has 4 aromatic carbocycles. The fourth-order valence-electron chi connectivity index (χ4n) is 7.73. The van der Waals surface area contributed by atoms with Gasteiger partial charge in [-0.1, -0.05) is 60.7 Å². The van der Waals surface area contributed by atoms with Gasteiger partial charge in [0.25, 0.3) is 0 Å². The van der Waals surface area contributed by atoms with Crippen LogP contribution in [0.1, 0.15) is 0 Å². The number of benzene rings is 4. The third-order valence-electron chi connectivity index (χ3n) is 9.92. The van der Waals surface area contributed by atoms with Gasteiger partial charge in [-0.05, 0) is 78.9 Å². The maximum Gasteiger partial charge on any atom is 0.179 e. The first kappa shape index (κ1) is 28.5. The summed E-state index contributed by atoms with van der Waals surface area (Å²) in [6.45, 7) is 0. The summed E-state index contributed by atoms with van der Waals surface area (Å²) >= 11 is 0. The molecule has 11 rings (SSSR count). The quantitative estimate of drug-likeness (QED) is 0.181. The Hall–Kier alpha value is -7.32. The summed E-state index contributed by atoms with van der Waals surface area (Å²) in [4.78, 5) is 21.2. The minimum Gasteiger partial charge on any atom is -0.450 e. The zero-order valence-corrected chi connectivity index (χ0v) is 27.6. The van der Waals surface area contributed by atoms with Gasteiger partial charge in [-0.2, -0.15) is 0 Å². The van der Waals surface area contributed by atoms with Crippen molar-refractivity contribution in [3.05, 3.63) is 164 Å². The minimum absolute atomic E-state index is 0.659. The van der Waals surface area contributed by atoms with E-state index >= 15 is 0 Å². The van der Waals surface area contributed by atoms with E-state index in [2.05, 4.69) is 116 Å². The van der Waals surface area contributed by atoms with Gasteiger partial charge in [-0.15, -0.1) is 0 Å². The van der Waals surface area contributed by atoms with Gasteiger partial charge >= 0.3 is 0 Å². The largest absolute Gasteiger partial charge is 0.450 e. The molecule has 11 aromatic rings. The maximum absolute atomic E-state index is 6.57. The molecular formula is C44H27N7O. The predicted molar refractivity (Wildman–Crippen MR) is 208 cm³/mol. The Bertz CT molecular complexity index is 2990. The molecular weight excluding hydrogens is 643 g/mol. The zero-order valence-electron chi connectivity index (χ0n) is 27.6. The number of aromatic nitrogens is 6. The van der Waals surface area contributed by atoms with E-state index in [4.69, 9.17) is 19.4 Å². The van der Waals surface area contributed by atoms with Crippen LogP contribution < -0.4 is 4.90 Å². The van der Waals surface area contributed by atoms with E-state index in [0.717, 1.165) is 77.8 Å². The fourth-order valence-corrected chi connectivity index (χ4v) is 7.73. The van der Waals surface area contributed by atoms with Gasteiger partial charge in [-0.25, -0.2) is 9.97 Å². The third kappa shape index (κ3) is 4.15. The molecule has 0 aliphatic carbocycles. The zero-order chi connectivity index (χ0) is 34.2. The van der Waals surface area contributed by atoms with Crippen LogP contribution in [0.5, 0.6) is 0 Å². The van der Waals surface area contributed by atoms with Crippen LogP contribution in [0, 0.1) is 0 Å². The molecule has 52 heavy (non-hydrogen) atoms. The van der Waals surface area contributed by atoms with Crippen molar-refractivity contribution in [2.45, 2.75) is 0 Å². The summed E-state index contributed by atoms with van der Waals surface area (Å²) in [5, 5.41) is 4.61. The summed E-state index contributed by atoms with van der Waals surface area (Å²) in [6, 6.07) is 48.1. The summed E-state index contributed by atoms with van der Waals surface area (Å²) in [6.07, 6.45) is 7.29. The normalized spacial score (nSPS) is 11.8. The first-order valence-corrected chi connectivity index (χ1v) is 17.1. The van der Waals surface area contributed by atoms with Gasteiger partial charge in [0.1, 0.15) is 22.7 Å². The van der Waals surface area contributed by atoms with Crippen molar-refractivity contribution in [2.24, 2.45) is 0 Å². The number of anilines is 3. The lowest BCUT2D eigenvalue weighted by atomic mass is 10.1. The Balaban J connectivity index is 1.23. The molecule has 7 aromatic heterocycles. The van der Waals surface area contributed by atoms with E-state index in [1.807, 2.05) is 61.1 Å². The van der Waals surface area contributed by atoms with Crippen LogP contribution in [-0.4, -0.2) is 29.1 Å². The molecule has 244 valence electrons. The van der Waals surface area contributed by atoms with Crippen molar-refractivity contribution in [3.63, 3.8) is 0 Å². The molecule has 0 radical (unpaired) electrons. The second-order valence-electron chi connectivity index (χ2n) is 12.8. The SMILES string of the molecule is c1ccc(-n2c3ccccc3c3ccc(N(c4ccc5c6ccccc6n(-c6ccccn6)c5c4)c4ccnc5c4oc4cccnc45)cc32)nc1. The van der Waals surface area contributed by atoms with E-state index in [1.165, 1.54) is 0 Å². The van der Waals surface area contributed by atoms with Gasteiger partial charge in [-0.3, -0.25) is 19.1 Å². The highest BCUT2D eigenvalue weighted by atomic mass is 16.3. The Labute approximate surface area is 296 Å². The number of hydrogen-bond donors (Lipinski definition) is 0. The Kier molecular flexibility index (Phi) is 6.08. The summed E-state index contributed by atoms with van der Waals surface area (Å²) in [5.41, 5.74) is 9.82. The van der Waals surface area contributed by atoms with Gasteiger partial charge in [0.2, 0.25) is 0 Å². The highest BCUT2D eigenvalue weighted by Crippen LogP contribution is 2.44. The molecule has 0 spiro atoms. The first-order valence-electron chi connectivity index (χ1n) is 17.1. The second-order valence-corrected chi connectivity index (χ2v) is 12.8. The molecule has 0 N–H and O–H groups in total. The van der Waals surface area contributed by atoms with Crippen LogP contribution in [-0.2, 0) is 0 Å². The van der Waals surface area contributed by atoms with Crippen molar-refractivity contribution in [1.82, 2.24) is 29.1 Å². The number of furan rings is 1. The molecule has 0 saturated carbocycles. The lowest BCUT2D eigenvalue weighted by Crippen LogP contribution is -2.11. The number of pyridine rings is 4. The van der Waals surface area contributed by atoms with Gasteiger partial charge in [0.05, 0.1) is 27.8 Å². The molecule has 8 nitrogen and oxygen atoms in total. The molecule has 0 aliphatic heterocycles. The molecule has 8 heteroatoms. The van der Waals surface area contributed by atoms with Crippen molar-refractivity contribution in [1.29, 1.82) is 0 Å². The fraction of sp³-hybridized carbons (Fsp3) is 0. The van der Waals surface area contributed by atoms with Crippen LogP contribution >= 0.6 is 0 Å². The lowest BCUT2D eigenvalue weighted by Gasteiger charge is -2.26. The average molecular weight is 670 g/mol. The lowest BCUT2D eigenvalue weighted by molar-refractivity contribution is 0.667. The molecule has 0 bridgehead atoms. The second kappa shape index (κ2) is 11.1. The van der Waals surface area contributed by atoms with E-state index in [1.54, 1.807) is 6.20 Å². The smallest absolute Gasteiger partial charge is 0.179 e. The van der Waals surface area contributed by atoms with Crippen LogP contribution in [0.25, 0.3) is 77.4 Å². The van der Waals surface area contributed by atoms with Crippen molar-refractivity contribution < 1.29 is 4.42 Å². The van der Waals surface area contributed by atoms with Crippen LogP contribution in [0.3, 0.4) is 0 Å². The molecule has 0 amide bonds. The van der Waals surface area contributed by atoms with E-state index < -0.39 is 0 Å². The number of rotatable bonds is 5. The Morgan fingerprint density at radius 1 is 0.423 bits per heavy atom. The standard InChI is InChI=1S/C44H27N7O/c1-3-12-34-30(10-1)32-19-17-28(26-37(32)50(34)40-15-5-7-22-45-40)49(36-21-25-48-43-42-39(52-44(36)43)14-9-24-47-42)29-18-20-33-31-11-2-4-13-35(31)51(38(33)27-29)41-16-6-8-23-46-41/h1-27H. The Morgan fingerprint density at radius 2 is 0.962 bits per heavy atom. The number of fused-ring (bicyclic) bond motifs is 9. The monoisotopic (exact) mass is 669 g/mol. The van der Waals surface area contributed by atoms with Crippen molar-refractivity contribution in [3.8, 4) is 11.6 Å². The third-order valence-corrected chi connectivity index (χ3v) is 9.92. The molecule has 0 saturated heterocycles. The molecule has 0 atom stereocenters.